The molecule has 0 fully saturated rings. The first-order valence-electron chi connectivity index (χ1n) is 7.54. The quantitative estimate of drug-likeness (QED) is 0.618. The summed E-state index contributed by atoms with van der Waals surface area (Å²) in [5.74, 6) is 0.902. The van der Waals surface area contributed by atoms with Gasteiger partial charge >= 0.3 is 0 Å². The molecule has 4 nitrogen and oxygen atoms in total. The Kier molecular flexibility index (Phi) is 6.69. The standard InChI is InChI=1S/C18H19Br2NO3/c1-4-7-24-17-14(20)9-12(10-16(17)23-3)18(22)21-15-6-5-11(2)8-13(15)19/h5-6,8-10H,4,7H2,1-3H3,(H,21,22). The number of ether oxygens (including phenoxy) is 2. The molecule has 0 aliphatic heterocycles. The number of carbonyl (C=O) groups is 1. The first-order chi connectivity index (χ1) is 11.5. The second-order valence-corrected chi connectivity index (χ2v) is 6.98. The van der Waals surface area contributed by atoms with Gasteiger partial charge in [0.1, 0.15) is 0 Å². The lowest BCUT2D eigenvalue weighted by atomic mass is 10.1. The van der Waals surface area contributed by atoms with Crippen LogP contribution in [0.1, 0.15) is 29.3 Å². The smallest absolute Gasteiger partial charge is 0.255 e. The summed E-state index contributed by atoms with van der Waals surface area (Å²) in [6, 6.07) is 9.16. The van der Waals surface area contributed by atoms with Crippen LogP contribution in [-0.2, 0) is 0 Å². The third-order valence-corrected chi connectivity index (χ3v) is 4.56. The van der Waals surface area contributed by atoms with Gasteiger partial charge in [-0.2, -0.15) is 0 Å². The summed E-state index contributed by atoms with van der Waals surface area (Å²) in [5.41, 5.74) is 2.31. The molecule has 1 N–H and O–H groups in total. The minimum atomic E-state index is -0.222. The van der Waals surface area contributed by atoms with E-state index in [1.54, 1.807) is 19.2 Å². The zero-order valence-electron chi connectivity index (χ0n) is 13.8. The summed E-state index contributed by atoms with van der Waals surface area (Å²) in [4.78, 5) is 12.5. The van der Waals surface area contributed by atoms with Crippen LogP contribution < -0.4 is 14.8 Å². The minimum Gasteiger partial charge on any atom is -0.493 e. The molecule has 0 unspecified atom stereocenters. The Hall–Kier alpha value is -1.53. The Morgan fingerprint density at radius 3 is 2.54 bits per heavy atom. The first-order valence-corrected chi connectivity index (χ1v) is 9.12. The number of hydrogen-bond acceptors (Lipinski definition) is 3. The van der Waals surface area contributed by atoms with Crippen LogP contribution in [0.2, 0.25) is 0 Å². The highest BCUT2D eigenvalue weighted by atomic mass is 79.9. The molecule has 2 aromatic rings. The number of amides is 1. The van der Waals surface area contributed by atoms with Gasteiger partial charge in [0, 0.05) is 10.0 Å². The molecule has 128 valence electrons. The minimum absolute atomic E-state index is 0.222. The van der Waals surface area contributed by atoms with Crippen molar-refractivity contribution in [2.45, 2.75) is 20.3 Å². The van der Waals surface area contributed by atoms with Gasteiger partial charge in [-0.25, -0.2) is 0 Å². The lowest BCUT2D eigenvalue weighted by Gasteiger charge is -2.14. The lowest BCUT2D eigenvalue weighted by Crippen LogP contribution is -2.13. The van der Waals surface area contributed by atoms with E-state index < -0.39 is 0 Å². The normalized spacial score (nSPS) is 10.4. The van der Waals surface area contributed by atoms with Gasteiger partial charge in [0.15, 0.2) is 11.5 Å². The fourth-order valence-electron chi connectivity index (χ4n) is 2.11. The molecule has 0 aromatic heterocycles. The summed E-state index contributed by atoms with van der Waals surface area (Å²) < 4.78 is 12.6. The summed E-state index contributed by atoms with van der Waals surface area (Å²) in [5, 5.41) is 2.89. The lowest BCUT2D eigenvalue weighted by molar-refractivity contribution is 0.102. The number of methoxy groups -OCH3 is 1. The van der Waals surface area contributed by atoms with Crippen LogP contribution >= 0.6 is 31.9 Å². The topological polar surface area (TPSA) is 47.6 Å². The maximum Gasteiger partial charge on any atom is 0.255 e. The average molecular weight is 457 g/mol. The Bertz CT molecular complexity index is 747. The number of halogens is 2. The molecule has 0 heterocycles. The van der Waals surface area contributed by atoms with Gasteiger partial charge in [-0.15, -0.1) is 0 Å². The second-order valence-electron chi connectivity index (χ2n) is 5.28. The van der Waals surface area contributed by atoms with E-state index in [-0.39, 0.29) is 5.91 Å². The van der Waals surface area contributed by atoms with Crippen molar-refractivity contribution in [1.29, 1.82) is 0 Å². The van der Waals surface area contributed by atoms with Gasteiger partial charge in [-0.3, -0.25) is 4.79 Å². The van der Waals surface area contributed by atoms with Crippen LogP contribution in [0, 0.1) is 6.92 Å². The van der Waals surface area contributed by atoms with Crippen molar-refractivity contribution in [3.05, 3.63) is 50.4 Å². The fourth-order valence-corrected chi connectivity index (χ4v) is 3.26. The molecule has 0 saturated carbocycles. The van der Waals surface area contributed by atoms with E-state index in [4.69, 9.17) is 9.47 Å². The zero-order chi connectivity index (χ0) is 17.7. The molecular weight excluding hydrogens is 438 g/mol. The highest BCUT2D eigenvalue weighted by Gasteiger charge is 2.16. The number of nitrogens with one attached hydrogen (secondary N) is 1. The van der Waals surface area contributed by atoms with Crippen LogP contribution in [0.5, 0.6) is 11.5 Å². The van der Waals surface area contributed by atoms with Gasteiger partial charge in [0.2, 0.25) is 0 Å². The number of rotatable bonds is 6. The van der Waals surface area contributed by atoms with Crippen LogP contribution in [0.4, 0.5) is 5.69 Å². The van der Waals surface area contributed by atoms with Crippen molar-refractivity contribution in [2.24, 2.45) is 0 Å². The Morgan fingerprint density at radius 1 is 1.17 bits per heavy atom. The summed E-state index contributed by atoms with van der Waals surface area (Å²) in [6.07, 6.45) is 0.888. The van der Waals surface area contributed by atoms with E-state index in [0.29, 0.717) is 33.8 Å². The maximum atomic E-state index is 12.5. The van der Waals surface area contributed by atoms with Crippen molar-refractivity contribution in [1.82, 2.24) is 0 Å². The summed E-state index contributed by atoms with van der Waals surface area (Å²) >= 11 is 6.91. The molecule has 24 heavy (non-hydrogen) atoms. The molecule has 0 atom stereocenters. The molecule has 0 spiro atoms. The third-order valence-electron chi connectivity index (χ3n) is 3.31. The van der Waals surface area contributed by atoms with E-state index >= 15 is 0 Å². The molecular formula is C18H19Br2NO3. The van der Waals surface area contributed by atoms with E-state index in [1.165, 1.54) is 0 Å². The monoisotopic (exact) mass is 455 g/mol. The molecule has 0 saturated heterocycles. The van der Waals surface area contributed by atoms with Gasteiger partial charge in [0.05, 0.1) is 23.9 Å². The van der Waals surface area contributed by atoms with Crippen molar-refractivity contribution < 1.29 is 14.3 Å². The highest BCUT2D eigenvalue weighted by Crippen LogP contribution is 2.37. The molecule has 0 aliphatic carbocycles. The Labute approximate surface area is 158 Å². The van der Waals surface area contributed by atoms with Gasteiger partial charge in [-0.05, 0) is 75.0 Å². The number of hydrogen-bond donors (Lipinski definition) is 1. The highest BCUT2D eigenvalue weighted by molar-refractivity contribution is 9.11. The largest absolute Gasteiger partial charge is 0.493 e. The molecule has 2 rings (SSSR count). The molecule has 0 radical (unpaired) electrons. The Morgan fingerprint density at radius 2 is 1.92 bits per heavy atom. The first kappa shape index (κ1) is 18.8. The fraction of sp³-hybridized carbons (Fsp3) is 0.278. The zero-order valence-corrected chi connectivity index (χ0v) is 17.0. The molecule has 6 heteroatoms. The summed E-state index contributed by atoms with van der Waals surface area (Å²) in [6.45, 7) is 4.60. The average Bonchev–Trinajstić information content (AvgIpc) is 2.55. The number of anilines is 1. The molecule has 0 aliphatic rings. The molecule has 2 aromatic carbocycles. The van der Waals surface area contributed by atoms with Crippen LogP contribution in [0.15, 0.2) is 39.3 Å². The number of benzene rings is 2. The SMILES string of the molecule is CCCOc1c(Br)cc(C(=O)Nc2ccc(C)cc2Br)cc1OC. The van der Waals surface area contributed by atoms with E-state index in [9.17, 15) is 4.79 Å². The van der Waals surface area contributed by atoms with E-state index in [1.807, 2.05) is 32.0 Å². The Balaban J connectivity index is 2.27. The van der Waals surface area contributed by atoms with Crippen LogP contribution in [-0.4, -0.2) is 19.6 Å². The van der Waals surface area contributed by atoms with Crippen molar-refractivity contribution in [3.8, 4) is 11.5 Å². The van der Waals surface area contributed by atoms with Gasteiger partial charge in [-0.1, -0.05) is 13.0 Å². The van der Waals surface area contributed by atoms with Crippen molar-refractivity contribution in [3.63, 3.8) is 0 Å². The van der Waals surface area contributed by atoms with Gasteiger partial charge in [0.25, 0.3) is 5.91 Å². The predicted octanol–water partition coefficient (Wildman–Crippen LogP) is 5.57. The molecule has 1 amide bonds. The van der Waals surface area contributed by atoms with Crippen molar-refractivity contribution >= 4 is 43.5 Å². The third kappa shape index (κ3) is 4.51. The number of aryl methyl sites for hydroxylation is 1. The van der Waals surface area contributed by atoms with Crippen molar-refractivity contribution in [2.75, 3.05) is 19.0 Å². The second kappa shape index (κ2) is 8.53. The number of carbonyl (C=O) groups excluding carboxylic acids is 1. The molecule has 0 bridgehead atoms. The van der Waals surface area contributed by atoms with Gasteiger partial charge < -0.3 is 14.8 Å². The van der Waals surface area contributed by atoms with E-state index in [2.05, 4.69) is 37.2 Å². The maximum absolute atomic E-state index is 12.5. The van der Waals surface area contributed by atoms with E-state index in [0.717, 1.165) is 16.5 Å². The van der Waals surface area contributed by atoms with Crippen LogP contribution in [0.25, 0.3) is 0 Å². The predicted molar refractivity (Wildman–Crippen MR) is 103 cm³/mol. The summed E-state index contributed by atoms with van der Waals surface area (Å²) in [7, 11) is 1.55. The van der Waals surface area contributed by atoms with Crippen LogP contribution in [0.3, 0.4) is 0 Å².